The molecule has 0 spiro atoms. The third-order valence-corrected chi connectivity index (χ3v) is 9.94. The van der Waals surface area contributed by atoms with Gasteiger partial charge in [0.05, 0.1) is 16.9 Å². The largest absolute Gasteiger partial charge is 0.481 e. The molecule has 0 bridgehead atoms. The fraction of sp³-hybridized carbons (Fsp3) is 0.909. The molecule has 0 aromatic carbocycles. The molecule has 5 nitrogen and oxygen atoms in total. The molecule has 0 aliphatic rings. The van der Waals surface area contributed by atoms with Crippen LogP contribution in [0, 0.1) is 5.92 Å². The minimum Gasteiger partial charge on any atom is -0.481 e. The monoisotopic (exact) mass is 452 g/mol. The number of aliphatic hydroxyl groups is 1. The summed E-state index contributed by atoms with van der Waals surface area (Å²) in [6.07, 6.45) is 16.2. The summed E-state index contributed by atoms with van der Waals surface area (Å²) in [5, 5.41) is 29.1. The Morgan fingerprint density at radius 1 is 0.759 bits per heavy atom. The molecule has 0 aliphatic heterocycles. The summed E-state index contributed by atoms with van der Waals surface area (Å²) in [5.41, 5.74) is -0.697. The van der Waals surface area contributed by atoms with E-state index in [0.29, 0.717) is 0 Å². The molecule has 3 N–H and O–H groups in total. The molecule has 0 rings (SSSR count). The Bertz CT molecular complexity index is 420. The molecule has 0 aliphatic carbocycles. The molecule has 0 aromatic heterocycles. The first kappa shape index (κ1) is 28.6. The quantitative estimate of drug-likeness (QED) is 0.0935. The molecule has 29 heavy (non-hydrogen) atoms. The number of carboxylic acids is 2. The van der Waals surface area contributed by atoms with E-state index in [0.717, 1.165) is 49.3 Å². The maximum Gasteiger partial charge on any atom is 0.314 e. The van der Waals surface area contributed by atoms with Gasteiger partial charge in [0.2, 0.25) is 0 Å². The predicted octanol–water partition coefficient (Wildman–Crippen LogP) is 6.24. The Morgan fingerprint density at radius 3 is 1.62 bits per heavy atom. The predicted molar refractivity (Wildman–Crippen MR) is 127 cm³/mol. The second kappa shape index (κ2) is 19.6. The molecule has 0 aromatic rings. The highest BCUT2D eigenvalue weighted by molar-refractivity contribution is 8.85. The van der Waals surface area contributed by atoms with Crippen LogP contribution in [0.4, 0.5) is 0 Å². The number of aliphatic carboxylic acids is 2. The molecule has 3 unspecified atom stereocenters. The van der Waals surface area contributed by atoms with Crippen molar-refractivity contribution in [3.63, 3.8) is 0 Å². The molecule has 0 saturated carbocycles. The Labute approximate surface area is 184 Å². The first-order valence-electron chi connectivity index (χ1n) is 11.4. The highest BCUT2D eigenvalue weighted by Crippen LogP contribution is 2.48. The minimum atomic E-state index is -1.30. The smallest absolute Gasteiger partial charge is 0.314 e. The van der Waals surface area contributed by atoms with E-state index in [4.69, 9.17) is 5.11 Å². The number of hydrogen-bond acceptors (Lipinski definition) is 4. The molecule has 0 heterocycles. The molecule has 0 saturated heterocycles. The van der Waals surface area contributed by atoms with Gasteiger partial charge in [0.25, 0.3) is 0 Å². The van der Waals surface area contributed by atoms with Crippen LogP contribution in [0.1, 0.15) is 104 Å². The van der Waals surface area contributed by atoms with Gasteiger partial charge in [-0.05, 0) is 18.8 Å². The van der Waals surface area contributed by atoms with E-state index < -0.39 is 27.3 Å². The van der Waals surface area contributed by atoms with Gasteiger partial charge in [-0.2, -0.15) is 9.93 Å². The molecule has 0 fully saturated rings. The molecule has 0 amide bonds. The van der Waals surface area contributed by atoms with Crippen molar-refractivity contribution >= 4 is 32.7 Å². The zero-order valence-electron chi connectivity index (χ0n) is 18.5. The van der Waals surface area contributed by atoms with Gasteiger partial charge in [-0.25, -0.2) is 0 Å². The maximum absolute atomic E-state index is 11.2. The fourth-order valence-corrected chi connectivity index (χ4v) is 7.69. The first-order chi connectivity index (χ1) is 13.9. The van der Waals surface area contributed by atoms with Crippen LogP contribution < -0.4 is 0 Å². The fourth-order valence-electron chi connectivity index (χ4n) is 3.54. The number of carbonyl (C=O) groups is 2. The molecule has 3 atom stereocenters. The summed E-state index contributed by atoms with van der Waals surface area (Å²) in [7, 11) is -0.172. The van der Waals surface area contributed by atoms with Gasteiger partial charge < -0.3 is 15.3 Å². The zero-order chi connectivity index (χ0) is 21.9. The number of carboxylic acid groups (broad SMARTS) is 2. The SMILES string of the molecule is CCCCCCCCCC(CCCCCCC)C(O)[SH](CC(=O)O)SCC(=O)O. The van der Waals surface area contributed by atoms with Crippen LogP contribution in [-0.4, -0.2) is 44.2 Å². The lowest BCUT2D eigenvalue weighted by atomic mass is 9.94. The Hall–Kier alpha value is -0.400. The number of thiol groups is 1. The molecule has 0 radical (unpaired) electrons. The van der Waals surface area contributed by atoms with Crippen molar-refractivity contribution in [1.29, 1.82) is 0 Å². The number of hydrogen-bond donors (Lipinski definition) is 4. The summed E-state index contributed by atoms with van der Waals surface area (Å²) >= 11 is 0. The van der Waals surface area contributed by atoms with E-state index in [9.17, 15) is 19.8 Å². The lowest BCUT2D eigenvalue weighted by Gasteiger charge is -2.31. The van der Waals surface area contributed by atoms with Crippen LogP contribution in [0.5, 0.6) is 0 Å². The van der Waals surface area contributed by atoms with Gasteiger partial charge in [0.1, 0.15) is 0 Å². The summed E-state index contributed by atoms with van der Waals surface area (Å²) in [5.74, 6) is -2.10. The van der Waals surface area contributed by atoms with Crippen LogP contribution >= 0.6 is 20.7 Å². The second-order valence-electron chi connectivity index (χ2n) is 7.92. The van der Waals surface area contributed by atoms with Crippen LogP contribution in [0.2, 0.25) is 0 Å². The average molecular weight is 453 g/mol. The van der Waals surface area contributed by atoms with Gasteiger partial charge in [-0.15, -0.1) is 10.8 Å². The molecule has 7 heteroatoms. The van der Waals surface area contributed by atoms with Gasteiger partial charge in [-0.3, -0.25) is 9.59 Å². The van der Waals surface area contributed by atoms with Crippen molar-refractivity contribution in [2.75, 3.05) is 11.5 Å². The first-order valence-corrected chi connectivity index (χ1v) is 14.6. The van der Waals surface area contributed by atoms with Crippen LogP contribution in [0.3, 0.4) is 0 Å². The maximum atomic E-state index is 11.2. The second-order valence-corrected chi connectivity index (χ2v) is 12.3. The van der Waals surface area contributed by atoms with Crippen molar-refractivity contribution in [2.45, 2.75) is 109 Å². The van der Waals surface area contributed by atoms with Gasteiger partial charge in [-0.1, -0.05) is 90.9 Å². The third-order valence-electron chi connectivity index (χ3n) is 5.22. The van der Waals surface area contributed by atoms with Crippen LogP contribution in [0.15, 0.2) is 0 Å². The van der Waals surface area contributed by atoms with Gasteiger partial charge in [0, 0.05) is 0 Å². The Balaban J connectivity index is 4.67. The van der Waals surface area contributed by atoms with E-state index in [1.807, 2.05) is 0 Å². The van der Waals surface area contributed by atoms with E-state index >= 15 is 0 Å². The van der Waals surface area contributed by atoms with Crippen molar-refractivity contribution in [3.05, 3.63) is 0 Å². The van der Waals surface area contributed by atoms with E-state index in [1.54, 1.807) is 0 Å². The topological polar surface area (TPSA) is 94.8 Å². The van der Waals surface area contributed by atoms with Crippen molar-refractivity contribution in [1.82, 2.24) is 0 Å². The summed E-state index contributed by atoms with van der Waals surface area (Å²) in [6, 6.07) is 0. The zero-order valence-corrected chi connectivity index (χ0v) is 20.2. The van der Waals surface area contributed by atoms with Crippen LogP contribution in [0.25, 0.3) is 0 Å². The molecule has 174 valence electrons. The highest BCUT2D eigenvalue weighted by Gasteiger charge is 2.27. The van der Waals surface area contributed by atoms with Crippen molar-refractivity contribution < 1.29 is 24.9 Å². The summed E-state index contributed by atoms with van der Waals surface area (Å²) in [6.45, 7) is 4.40. The highest BCUT2D eigenvalue weighted by atomic mass is 33.1. The van der Waals surface area contributed by atoms with Gasteiger partial charge >= 0.3 is 11.9 Å². The standard InChI is InChI=1S/C22H44O5S2/c1-3-5-7-9-10-12-14-16-19(15-13-11-8-6-4-2)22(27)29(18-21(25)26)28-17-20(23)24/h19,22,27,29H,3-18H2,1-2H3,(H,23,24)(H,25,26). The average Bonchev–Trinajstić information content (AvgIpc) is 2.67. The van der Waals surface area contributed by atoms with Crippen molar-refractivity contribution in [3.8, 4) is 0 Å². The molecular formula is C22H44O5S2. The number of rotatable bonds is 21. The van der Waals surface area contributed by atoms with Crippen LogP contribution in [-0.2, 0) is 9.59 Å². The third kappa shape index (κ3) is 17.0. The number of aliphatic hydroxyl groups excluding tert-OH is 1. The minimum absolute atomic E-state index is 0.0824. The Morgan fingerprint density at radius 2 is 1.21 bits per heavy atom. The number of unbranched alkanes of at least 4 members (excludes halogenated alkanes) is 10. The lowest BCUT2D eigenvalue weighted by molar-refractivity contribution is -0.135. The summed E-state index contributed by atoms with van der Waals surface area (Å²) < 4.78 is 0. The van der Waals surface area contributed by atoms with Gasteiger partial charge in [0.15, 0.2) is 0 Å². The van der Waals surface area contributed by atoms with E-state index in [-0.39, 0.29) is 17.4 Å². The normalized spacial score (nSPS) is 15.1. The van der Waals surface area contributed by atoms with Crippen molar-refractivity contribution in [2.24, 2.45) is 5.92 Å². The van der Waals surface area contributed by atoms with E-state index in [1.165, 1.54) is 51.4 Å². The molecular weight excluding hydrogens is 408 g/mol. The lowest BCUT2D eigenvalue weighted by Crippen LogP contribution is -2.23. The van der Waals surface area contributed by atoms with E-state index in [2.05, 4.69) is 13.8 Å². The summed E-state index contributed by atoms with van der Waals surface area (Å²) in [4.78, 5) is 22.2. The Kier molecular flexibility index (Phi) is 19.3.